The first-order valence-electron chi connectivity index (χ1n) is 8.51. The predicted octanol–water partition coefficient (Wildman–Crippen LogP) is 4.74. The van der Waals surface area contributed by atoms with Crippen molar-refractivity contribution in [1.29, 1.82) is 0 Å². The number of benzene rings is 2. The summed E-state index contributed by atoms with van der Waals surface area (Å²) in [4.78, 5) is 12.5. The van der Waals surface area contributed by atoms with Crippen molar-refractivity contribution in [2.45, 2.75) is 37.6 Å². The number of halogens is 2. The highest BCUT2D eigenvalue weighted by Crippen LogP contribution is 2.27. The van der Waals surface area contributed by atoms with Crippen LogP contribution < -0.4 is 9.62 Å². The molecule has 8 heteroatoms. The average molecular weight is 429 g/mol. The lowest BCUT2D eigenvalue weighted by Gasteiger charge is -2.20. The van der Waals surface area contributed by atoms with E-state index in [1.807, 2.05) is 13.8 Å². The van der Waals surface area contributed by atoms with Gasteiger partial charge in [0.25, 0.3) is 15.9 Å². The highest BCUT2D eigenvalue weighted by Gasteiger charge is 2.22. The van der Waals surface area contributed by atoms with Gasteiger partial charge in [0, 0.05) is 18.1 Å². The number of sulfonamides is 1. The molecule has 0 saturated heterocycles. The second-order valence-electron chi connectivity index (χ2n) is 6.25. The van der Waals surface area contributed by atoms with Gasteiger partial charge in [0.2, 0.25) is 0 Å². The fourth-order valence-electron chi connectivity index (χ4n) is 2.59. The van der Waals surface area contributed by atoms with Crippen molar-refractivity contribution in [2.75, 3.05) is 11.4 Å². The van der Waals surface area contributed by atoms with E-state index in [0.29, 0.717) is 16.3 Å². The summed E-state index contributed by atoms with van der Waals surface area (Å²) < 4.78 is 26.6. The Kier molecular flexibility index (Phi) is 7.14. The Morgan fingerprint density at radius 3 is 2.33 bits per heavy atom. The van der Waals surface area contributed by atoms with Crippen LogP contribution in [0.2, 0.25) is 10.0 Å². The van der Waals surface area contributed by atoms with Crippen molar-refractivity contribution < 1.29 is 13.2 Å². The molecule has 0 fully saturated rings. The lowest BCUT2D eigenvalue weighted by molar-refractivity contribution is 0.0938. The number of carbonyl (C=O) groups is 1. The monoisotopic (exact) mass is 428 g/mol. The number of amides is 1. The van der Waals surface area contributed by atoms with E-state index in [9.17, 15) is 13.2 Å². The number of hydrogen-bond acceptors (Lipinski definition) is 3. The number of hydrogen-bond donors (Lipinski definition) is 1. The van der Waals surface area contributed by atoms with Crippen LogP contribution in [0, 0.1) is 0 Å². The fraction of sp³-hybridized carbons (Fsp3) is 0.316. The maximum Gasteiger partial charge on any atom is 0.264 e. The van der Waals surface area contributed by atoms with E-state index in [0.717, 1.165) is 17.1 Å². The third-order valence-corrected chi connectivity index (χ3v) is 6.50. The molecular formula is C19H22Cl2N2O3S. The minimum atomic E-state index is -3.77. The summed E-state index contributed by atoms with van der Waals surface area (Å²) in [7, 11) is -2.34. The maximum atomic E-state index is 12.8. The normalized spacial score (nSPS) is 12.5. The highest BCUT2D eigenvalue weighted by atomic mass is 35.5. The number of nitrogens with zero attached hydrogens (tertiary/aromatic N) is 1. The average Bonchev–Trinajstić information content (AvgIpc) is 2.61. The van der Waals surface area contributed by atoms with E-state index >= 15 is 0 Å². The van der Waals surface area contributed by atoms with Gasteiger partial charge in [0.15, 0.2) is 0 Å². The van der Waals surface area contributed by atoms with E-state index in [1.54, 1.807) is 6.07 Å². The molecule has 0 aliphatic carbocycles. The first-order valence-corrected chi connectivity index (χ1v) is 10.7. The summed E-state index contributed by atoms with van der Waals surface area (Å²) in [6.07, 6.45) is 1.82. The van der Waals surface area contributed by atoms with Gasteiger partial charge in [-0.25, -0.2) is 8.42 Å². The van der Waals surface area contributed by atoms with Gasteiger partial charge in [-0.1, -0.05) is 36.5 Å². The van der Waals surface area contributed by atoms with Crippen molar-refractivity contribution in [3.05, 3.63) is 58.1 Å². The smallest absolute Gasteiger partial charge is 0.264 e. The Bertz CT molecular complexity index is 915. The van der Waals surface area contributed by atoms with Gasteiger partial charge in [0.1, 0.15) is 0 Å². The second-order valence-corrected chi connectivity index (χ2v) is 9.07. The van der Waals surface area contributed by atoms with Crippen LogP contribution in [0.5, 0.6) is 0 Å². The van der Waals surface area contributed by atoms with Crippen LogP contribution in [0.3, 0.4) is 0 Å². The molecule has 0 bridgehead atoms. The predicted molar refractivity (Wildman–Crippen MR) is 110 cm³/mol. The summed E-state index contributed by atoms with van der Waals surface area (Å²) in [5, 5.41) is 3.52. The molecule has 27 heavy (non-hydrogen) atoms. The van der Waals surface area contributed by atoms with E-state index in [1.165, 1.54) is 43.4 Å². The summed E-state index contributed by atoms with van der Waals surface area (Å²) in [6, 6.07) is 10.5. The second kappa shape index (κ2) is 8.95. The van der Waals surface area contributed by atoms with Crippen LogP contribution >= 0.6 is 23.2 Å². The molecule has 146 valence electrons. The number of rotatable bonds is 7. The molecule has 0 radical (unpaired) electrons. The number of carbonyl (C=O) groups excluding carboxylic acids is 1. The molecule has 2 rings (SSSR count). The minimum Gasteiger partial charge on any atom is -0.350 e. The van der Waals surface area contributed by atoms with Gasteiger partial charge < -0.3 is 5.32 Å². The molecule has 0 heterocycles. The molecule has 1 atom stereocenters. The van der Waals surface area contributed by atoms with Crippen LogP contribution in [0.25, 0.3) is 0 Å². The zero-order valence-corrected chi connectivity index (χ0v) is 17.7. The number of nitrogens with one attached hydrogen (secondary N) is 1. The highest BCUT2D eigenvalue weighted by molar-refractivity contribution is 7.92. The first kappa shape index (κ1) is 21.5. The largest absolute Gasteiger partial charge is 0.350 e. The Morgan fingerprint density at radius 2 is 1.78 bits per heavy atom. The van der Waals surface area contributed by atoms with Crippen LogP contribution in [0.4, 0.5) is 5.69 Å². The van der Waals surface area contributed by atoms with Gasteiger partial charge in [-0.05, 0) is 55.8 Å². The van der Waals surface area contributed by atoms with Gasteiger partial charge in [-0.3, -0.25) is 9.10 Å². The molecule has 0 spiro atoms. The molecule has 0 aliphatic heterocycles. The Hall–Kier alpha value is -1.76. The van der Waals surface area contributed by atoms with Gasteiger partial charge in [-0.15, -0.1) is 0 Å². The van der Waals surface area contributed by atoms with Crippen molar-refractivity contribution >= 4 is 44.8 Å². The molecule has 0 saturated carbocycles. The van der Waals surface area contributed by atoms with Crippen LogP contribution in [0.1, 0.15) is 37.0 Å². The lowest BCUT2D eigenvalue weighted by Crippen LogP contribution is -2.32. The van der Waals surface area contributed by atoms with E-state index in [4.69, 9.17) is 23.2 Å². The molecule has 1 unspecified atom stereocenters. The van der Waals surface area contributed by atoms with Crippen molar-refractivity contribution in [3.8, 4) is 0 Å². The van der Waals surface area contributed by atoms with Gasteiger partial charge >= 0.3 is 0 Å². The fourth-order valence-corrected chi connectivity index (χ4v) is 4.17. The molecule has 5 nitrogen and oxygen atoms in total. The Labute approximate surface area is 170 Å². The Morgan fingerprint density at radius 1 is 1.15 bits per heavy atom. The van der Waals surface area contributed by atoms with E-state index in [2.05, 4.69) is 5.32 Å². The molecule has 1 N–H and O–H groups in total. The molecule has 2 aromatic rings. The van der Waals surface area contributed by atoms with Crippen LogP contribution in [0.15, 0.2) is 47.4 Å². The number of anilines is 1. The summed E-state index contributed by atoms with van der Waals surface area (Å²) in [6.45, 7) is 3.97. The van der Waals surface area contributed by atoms with E-state index < -0.39 is 10.0 Å². The molecule has 1 amide bonds. The third kappa shape index (κ3) is 5.15. The Balaban J connectivity index is 2.25. The van der Waals surface area contributed by atoms with Crippen LogP contribution in [-0.2, 0) is 10.0 Å². The first-order chi connectivity index (χ1) is 12.7. The topological polar surface area (TPSA) is 66.5 Å². The lowest BCUT2D eigenvalue weighted by atomic mass is 10.1. The quantitative estimate of drug-likeness (QED) is 0.692. The van der Waals surface area contributed by atoms with Crippen LogP contribution in [-0.4, -0.2) is 27.4 Å². The minimum absolute atomic E-state index is 0.0335. The summed E-state index contributed by atoms with van der Waals surface area (Å²) in [5.74, 6) is -0.282. The van der Waals surface area contributed by atoms with Gasteiger partial charge in [-0.2, -0.15) is 0 Å². The standard InChI is InChI=1S/C19H22Cl2N2O3S/c1-4-5-13(2)22-19(24)17-11-8-15(12-18(17)21)23(3)27(25,26)16-9-6-14(20)7-10-16/h6-13H,4-5H2,1-3H3,(H,22,24). The summed E-state index contributed by atoms with van der Waals surface area (Å²) in [5.41, 5.74) is 0.661. The summed E-state index contributed by atoms with van der Waals surface area (Å²) >= 11 is 12.1. The van der Waals surface area contributed by atoms with Crippen molar-refractivity contribution in [2.24, 2.45) is 0 Å². The molecule has 0 aliphatic rings. The SMILES string of the molecule is CCCC(C)NC(=O)c1ccc(N(C)S(=O)(=O)c2ccc(Cl)cc2)cc1Cl. The molecule has 2 aromatic carbocycles. The van der Waals surface area contributed by atoms with Crippen molar-refractivity contribution in [1.82, 2.24) is 5.32 Å². The zero-order chi connectivity index (χ0) is 20.2. The van der Waals surface area contributed by atoms with Crippen molar-refractivity contribution in [3.63, 3.8) is 0 Å². The molecular weight excluding hydrogens is 407 g/mol. The van der Waals surface area contributed by atoms with Gasteiger partial charge in [0.05, 0.1) is 21.2 Å². The molecule has 0 aromatic heterocycles. The van der Waals surface area contributed by atoms with E-state index in [-0.39, 0.29) is 21.9 Å². The third-order valence-electron chi connectivity index (χ3n) is 4.13. The maximum absolute atomic E-state index is 12.8. The zero-order valence-electron chi connectivity index (χ0n) is 15.4.